The molecule has 6 heteroatoms. The molecule has 106 valence electrons. The monoisotopic (exact) mass is 377 g/mol. The van der Waals surface area contributed by atoms with Crippen LogP contribution in [0.3, 0.4) is 0 Å². The van der Waals surface area contributed by atoms with E-state index in [4.69, 9.17) is 15.2 Å². The number of nitrogens with one attached hydrogen (secondary N) is 1. The highest BCUT2D eigenvalue weighted by atomic mass is 127. The van der Waals surface area contributed by atoms with Crippen molar-refractivity contribution >= 4 is 35.6 Å². The summed E-state index contributed by atoms with van der Waals surface area (Å²) in [7, 11) is 3.21. The molecule has 0 aliphatic heterocycles. The van der Waals surface area contributed by atoms with Gasteiger partial charge >= 0.3 is 0 Å². The number of halogens is 1. The van der Waals surface area contributed by atoms with Crippen LogP contribution >= 0.6 is 24.0 Å². The van der Waals surface area contributed by atoms with Crippen LogP contribution in [-0.2, 0) is 0 Å². The van der Waals surface area contributed by atoms with Crippen molar-refractivity contribution in [3.05, 3.63) is 18.2 Å². The van der Waals surface area contributed by atoms with E-state index in [1.54, 1.807) is 14.2 Å². The van der Waals surface area contributed by atoms with E-state index in [1.165, 1.54) is 0 Å². The predicted octanol–water partition coefficient (Wildman–Crippen LogP) is 2.46. The standard InChI is InChI=1S/C13H19N3O2.HI/c1-8-6-10(8)16-13(14)15-9-4-5-11(17-2)12(7-9)18-3;/h4-5,7-8,10H,6H2,1-3H3,(H3,14,15,16);1H. The second-order valence-electron chi connectivity index (χ2n) is 4.49. The van der Waals surface area contributed by atoms with Gasteiger partial charge in [-0.3, -0.25) is 0 Å². The van der Waals surface area contributed by atoms with Gasteiger partial charge in [0.2, 0.25) is 0 Å². The first-order valence-electron chi connectivity index (χ1n) is 5.96. The number of nitrogens with zero attached hydrogens (tertiary/aromatic N) is 1. The third kappa shape index (κ3) is 4.15. The second-order valence-corrected chi connectivity index (χ2v) is 4.49. The van der Waals surface area contributed by atoms with Gasteiger partial charge < -0.3 is 20.5 Å². The molecule has 1 aromatic rings. The Morgan fingerprint density at radius 1 is 1.32 bits per heavy atom. The van der Waals surface area contributed by atoms with Gasteiger partial charge in [0.15, 0.2) is 17.5 Å². The molecule has 2 rings (SSSR count). The maximum Gasteiger partial charge on any atom is 0.193 e. The van der Waals surface area contributed by atoms with Gasteiger partial charge in [-0.2, -0.15) is 0 Å². The zero-order valence-electron chi connectivity index (χ0n) is 11.3. The Balaban J connectivity index is 0.00000180. The van der Waals surface area contributed by atoms with E-state index in [-0.39, 0.29) is 24.0 Å². The van der Waals surface area contributed by atoms with Crippen molar-refractivity contribution in [2.75, 3.05) is 19.5 Å². The molecule has 0 radical (unpaired) electrons. The van der Waals surface area contributed by atoms with E-state index >= 15 is 0 Å². The minimum Gasteiger partial charge on any atom is -0.493 e. The average molecular weight is 377 g/mol. The molecule has 2 unspecified atom stereocenters. The van der Waals surface area contributed by atoms with Gasteiger partial charge in [-0.15, -0.1) is 24.0 Å². The zero-order chi connectivity index (χ0) is 13.1. The number of benzene rings is 1. The Kier molecular flexibility index (Phi) is 5.71. The van der Waals surface area contributed by atoms with Gasteiger partial charge in [0, 0.05) is 11.8 Å². The first-order chi connectivity index (χ1) is 8.63. The molecule has 1 aromatic carbocycles. The van der Waals surface area contributed by atoms with Gasteiger partial charge in [0.25, 0.3) is 0 Å². The molecule has 0 amide bonds. The number of methoxy groups -OCH3 is 2. The van der Waals surface area contributed by atoms with Crippen molar-refractivity contribution in [2.24, 2.45) is 16.6 Å². The first kappa shape index (κ1) is 15.9. The number of hydrogen-bond acceptors (Lipinski definition) is 3. The lowest BCUT2D eigenvalue weighted by Crippen LogP contribution is -2.23. The summed E-state index contributed by atoms with van der Waals surface area (Å²) in [5.74, 6) is 2.44. The maximum atomic E-state index is 5.84. The van der Waals surface area contributed by atoms with Gasteiger partial charge in [0.1, 0.15) is 0 Å². The van der Waals surface area contributed by atoms with E-state index in [9.17, 15) is 0 Å². The third-order valence-electron chi connectivity index (χ3n) is 3.03. The summed E-state index contributed by atoms with van der Waals surface area (Å²) in [4.78, 5) is 4.37. The summed E-state index contributed by atoms with van der Waals surface area (Å²) >= 11 is 0. The lowest BCUT2D eigenvalue weighted by Gasteiger charge is -2.10. The van der Waals surface area contributed by atoms with Gasteiger partial charge in [-0.1, -0.05) is 6.92 Å². The predicted molar refractivity (Wildman–Crippen MR) is 87.8 cm³/mol. The first-order valence-corrected chi connectivity index (χ1v) is 5.96. The average Bonchev–Trinajstić information content (AvgIpc) is 3.04. The Bertz CT molecular complexity index is 465. The van der Waals surface area contributed by atoms with Crippen molar-refractivity contribution in [1.82, 2.24) is 0 Å². The van der Waals surface area contributed by atoms with Gasteiger partial charge in [0.05, 0.1) is 20.3 Å². The SMILES string of the molecule is COc1ccc(NC(N)=NC2CC2C)cc1OC.I. The van der Waals surface area contributed by atoms with Crippen LogP contribution in [0.2, 0.25) is 0 Å². The van der Waals surface area contributed by atoms with Gasteiger partial charge in [-0.05, 0) is 24.5 Å². The highest BCUT2D eigenvalue weighted by molar-refractivity contribution is 14.0. The summed E-state index contributed by atoms with van der Waals surface area (Å²) in [6, 6.07) is 5.91. The van der Waals surface area contributed by atoms with E-state index in [0.29, 0.717) is 29.4 Å². The normalized spacial score (nSPS) is 21.3. The number of ether oxygens (including phenoxy) is 2. The summed E-state index contributed by atoms with van der Waals surface area (Å²) in [6.07, 6.45) is 1.12. The molecular formula is C13H20IN3O2. The van der Waals surface area contributed by atoms with E-state index < -0.39 is 0 Å². The molecule has 1 aliphatic carbocycles. The number of rotatable bonds is 4. The second kappa shape index (κ2) is 6.83. The molecule has 1 aliphatic rings. The van der Waals surface area contributed by atoms with Crippen molar-refractivity contribution in [3.63, 3.8) is 0 Å². The number of guanidine groups is 1. The molecule has 3 N–H and O–H groups in total. The molecule has 1 fully saturated rings. The summed E-state index contributed by atoms with van der Waals surface area (Å²) in [6.45, 7) is 2.16. The Morgan fingerprint density at radius 2 is 1.95 bits per heavy atom. The molecule has 19 heavy (non-hydrogen) atoms. The van der Waals surface area contributed by atoms with E-state index in [2.05, 4.69) is 17.2 Å². The lowest BCUT2D eigenvalue weighted by molar-refractivity contribution is 0.355. The largest absolute Gasteiger partial charge is 0.493 e. The molecule has 0 heterocycles. The fraction of sp³-hybridized carbons (Fsp3) is 0.462. The highest BCUT2D eigenvalue weighted by Crippen LogP contribution is 2.33. The van der Waals surface area contributed by atoms with Crippen LogP contribution in [0.15, 0.2) is 23.2 Å². The Hall–Kier alpha value is -1.18. The van der Waals surface area contributed by atoms with Gasteiger partial charge in [-0.25, -0.2) is 4.99 Å². The van der Waals surface area contributed by atoms with Crippen molar-refractivity contribution in [2.45, 2.75) is 19.4 Å². The van der Waals surface area contributed by atoms with Crippen LogP contribution in [0.1, 0.15) is 13.3 Å². The van der Waals surface area contributed by atoms with Crippen molar-refractivity contribution in [3.8, 4) is 11.5 Å². The van der Waals surface area contributed by atoms with Crippen molar-refractivity contribution < 1.29 is 9.47 Å². The Labute approximate surface area is 130 Å². The quantitative estimate of drug-likeness (QED) is 0.481. The van der Waals surface area contributed by atoms with E-state index in [0.717, 1.165) is 12.1 Å². The molecule has 2 atom stereocenters. The molecule has 5 nitrogen and oxygen atoms in total. The fourth-order valence-corrected chi connectivity index (χ4v) is 1.76. The van der Waals surface area contributed by atoms with Crippen LogP contribution in [0.25, 0.3) is 0 Å². The molecule has 0 bridgehead atoms. The number of aliphatic imine (C=N–C) groups is 1. The smallest absolute Gasteiger partial charge is 0.193 e. The molecular weight excluding hydrogens is 357 g/mol. The molecule has 0 spiro atoms. The van der Waals surface area contributed by atoms with Crippen LogP contribution in [0, 0.1) is 5.92 Å². The maximum absolute atomic E-state index is 5.84. The minimum atomic E-state index is 0. The number of hydrogen-bond donors (Lipinski definition) is 2. The third-order valence-corrected chi connectivity index (χ3v) is 3.03. The lowest BCUT2D eigenvalue weighted by atomic mass is 10.3. The van der Waals surface area contributed by atoms with Crippen molar-refractivity contribution in [1.29, 1.82) is 0 Å². The molecule has 1 saturated carbocycles. The summed E-state index contributed by atoms with van der Waals surface area (Å²) in [5, 5.41) is 3.05. The molecule has 0 saturated heterocycles. The summed E-state index contributed by atoms with van der Waals surface area (Å²) in [5.41, 5.74) is 6.67. The summed E-state index contributed by atoms with van der Waals surface area (Å²) < 4.78 is 10.4. The van der Waals surface area contributed by atoms with Crippen LogP contribution in [-0.4, -0.2) is 26.2 Å². The van der Waals surface area contributed by atoms with Crippen LogP contribution in [0.5, 0.6) is 11.5 Å². The topological polar surface area (TPSA) is 68.9 Å². The molecule has 0 aromatic heterocycles. The minimum absolute atomic E-state index is 0. The number of anilines is 1. The fourth-order valence-electron chi connectivity index (χ4n) is 1.76. The van der Waals surface area contributed by atoms with Crippen LogP contribution in [0.4, 0.5) is 5.69 Å². The van der Waals surface area contributed by atoms with Crippen LogP contribution < -0.4 is 20.5 Å². The zero-order valence-corrected chi connectivity index (χ0v) is 13.7. The highest BCUT2D eigenvalue weighted by Gasteiger charge is 2.32. The number of nitrogens with two attached hydrogens (primary N) is 1. The Morgan fingerprint density at radius 3 is 2.47 bits per heavy atom. The van der Waals surface area contributed by atoms with E-state index in [1.807, 2.05) is 18.2 Å².